The summed E-state index contributed by atoms with van der Waals surface area (Å²) in [4.78, 5) is 47.3. The van der Waals surface area contributed by atoms with Gasteiger partial charge in [-0.15, -0.1) is 0 Å². The minimum absolute atomic E-state index is 0.212. The summed E-state index contributed by atoms with van der Waals surface area (Å²) in [5, 5.41) is 8.22. The van der Waals surface area contributed by atoms with E-state index in [-0.39, 0.29) is 30.1 Å². The standard InChI is InChI=1S/C17H20I3N3O5/c1-4-28-10(26)6-5-7-21-17(27)11-12(18)15(22-8(2)24)14(20)16(13(11)19)23-9(3)25/h4-7H2,1-3H3,(H,21,27)(H,22,24)(H,23,25). The fourth-order valence-corrected chi connectivity index (χ4v) is 6.39. The van der Waals surface area contributed by atoms with E-state index >= 15 is 0 Å². The molecule has 0 radical (unpaired) electrons. The molecular formula is C17H20I3N3O5. The third-order valence-electron chi connectivity index (χ3n) is 3.29. The molecule has 3 N–H and O–H groups in total. The van der Waals surface area contributed by atoms with Crippen molar-refractivity contribution < 1.29 is 23.9 Å². The summed E-state index contributed by atoms with van der Waals surface area (Å²) in [6.45, 7) is 5.09. The third kappa shape index (κ3) is 7.27. The zero-order valence-electron chi connectivity index (χ0n) is 15.5. The smallest absolute Gasteiger partial charge is 0.305 e. The van der Waals surface area contributed by atoms with E-state index in [0.29, 0.717) is 47.2 Å². The zero-order valence-corrected chi connectivity index (χ0v) is 22.0. The van der Waals surface area contributed by atoms with E-state index in [4.69, 9.17) is 4.74 Å². The second-order valence-electron chi connectivity index (χ2n) is 5.59. The van der Waals surface area contributed by atoms with E-state index in [1.807, 2.05) is 67.8 Å². The van der Waals surface area contributed by atoms with E-state index in [0.717, 1.165) is 0 Å². The van der Waals surface area contributed by atoms with Gasteiger partial charge in [-0.3, -0.25) is 19.2 Å². The number of carbonyl (C=O) groups is 4. The van der Waals surface area contributed by atoms with Crippen LogP contribution >= 0.6 is 67.8 Å². The molecule has 1 rings (SSSR count). The molecule has 0 atom stereocenters. The van der Waals surface area contributed by atoms with Crippen molar-refractivity contribution in [2.24, 2.45) is 0 Å². The van der Waals surface area contributed by atoms with Gasteiger partial charge in [0.05, 0.1) is 34.3 Å². The van der Waals surface area contributed by atoms with Crippen LogP contribution in [0.3, 0.4) is 0 Å². The van der Waals surface area contributed by atoms with Crippen LogP contribution in [0, 0.1) is 10.7 Å². The number of hydrogen-bond donors (Lipinski definition) is 3. The van der Waals surface area contributed by atoms with Crippen LogP contribution in [0.25, 0.3) is 0 Å². The van der Waals surface area contributed by atoms with Crippen molar-refractivity contribution in [1.29, 1.82) is 0 Å². The largest absolute Gasteiger partial charge is 0.466 e. The molecule has 1 aromatic rings. The molecule has 0 spiro atoms. The van der Waals surface area contributed by atoms with Gasteiger partial charge in [-0.25, -0.2) is 0 Å². The van der Waals surface area contributed by atoms with E-state index in [2.05, 4.69) is 16.0 Å². The highest BCUT2D eigenvalue weighted by Gasteiger charge is 2.25. The Balaban J connectivity index is 3.14. The summed E-state index contributed by atoms with van der Waals surface area (Å²) in [5.41, 5.74) is 1.29. The Labute approximate surface area is 204 Å². The first-order valence-corrected chi connectivity index (χ1v) is 11.5. The first kappa shape index (κ1) is 25.3. The van der Waals surface area contributed by atoms with Crippen LogP contribution in [0.15, 0.2) is 0 Å². The number of carbonyl (C=O) groups excluding carboxylic acids is 4. The maximum atomic E-state index is 12.8. The highest BCUT2D eigenvalue weighted by Crippen LogP contribution is 2.38. The summed E-state index contributed by atoms with van der Waals surface area (Å²) in [6.07, 6.45) is 0.655. The van der Waals surface area contributed by atoms with Gasteiger partial charge < -0.3 is 20.7 Å². The van der Waals surface area contributed by atoms with Gasteiger partial charge in [0, 0.05) is 26.8 Å². The van der Waals surface area contributed by atoms with Crippen LogP contribution in [-0.2, 0) is 19.1 Å². The molecule has 0 aliphatic carbocycles. The highest BCUT2D eigenvalue weighted by molar-refractivity contribution is 14.1. The summed E-state index contributed by atoms with van der Waals surface area (Å²) >= 11 is 6.03. The van der Waals surface area contributed by atoms with Gasteiger partial charge in [0.2, 0.25) is 11.8 Å². The Hall–Kier alpha value is -0.710. The molecule has 0 saturated heterocycles. The van der Waals surface area contributed by atoms with Gasteiger partial charge in [-0.2, -0.15) is 0 Å². The molecule has 0 aliphatic rings. The van der Waals surface area contributed by atoms with Gasteiger partial charge in [0.15, 0.2) is 0 Å². The molecule has 154 valence electrons. The van der Waals surface area contributed by atoms with Crippen molar-refractivity contribution in [3.8, 4) is 0 Å². The summed E-state index contributed by atoms with van der Waals surface area (Å²) in [5.74, 6) is -1.23. The van der Waals surface area contributed by atoms with Gasteiger partial charge in [0.25, 0.3) is 5.91 Å². The molecular weight excluding hydrogens is 707 g/mol. The van der Waals surface area contributed by atoms with Gasteiger partial charge >= 0.3 is 5.97 Å². The number of nitrogens with one attached hydrogen (secondary N) is 3. The molecule has 0 fully saturated rings. The summed E-state index contributed by atoms with van der Waals surface area (Å²) < 4.78 is 6.63. The quantitative estimate of drug-likeness (QED) is 0.216. The lowest BCUT2D eigenvalue weighted by atomic mass is 10.1. The number of amides is 3. The van der Waals surface area contributed by atoms with E-state index in [1.165, 1.54) is 13.8 Å². The van der Waals surface area contributed by atoms with E-state index in [1.54, 1.807) is 6.92 Å². The van der Waals surface area contributed by atoms with Gasteiger partial charge in [-0.05, 0) is 81.1 Å². The molecule has 28 heavy (non-hydrogen) atoms. The van der Waals surface area contributed by atoms with Crippen molar-refractivity contribution in [3.05, 3.63) is 16.3 Å². The predicted molar refractivity (Wildman–Crippen MR) is 131 cm³/mol. The van der Waals surface area contributed by atoms with Gasteiger partial charge in [-0.1, -0.05) is 0 Å². The Morgan fingerprint density at radius 3 is 1.82 bits per heavy atom. The lowest BCUT2D eigenvalue weighted by Crippen LogP contribution is -2.28. The number of hydrogen-bond acceptors (Lipinski definition) is 5. The molecule has 0 unspecified atom stereocenters. The minimum Gasteiger partial charge on any atom is -0.466 e. The van der Waals surface area contributed by atoms with Crippen molar-refractivity contribution >= 4 is 103 Å². The Bertz CT molecular complexity index is 756. The third-order valence-corrected chi connectivity index (χ3v) is 6.53. The summed E-state index contributed by atoms with van der Waals surface area (Å²) in [6, 6.07) is 0. The first-order valence-electron chi connectivity index (χ1n) is 8.29. The number of halogens is 3. The molecule has 0 aliphatic heterocycles. The Kier molecular flexibility index (Phi) is 10.9. The van der Waals surface area contributed by atoms with Crippen LogP contribution < -0.4 is 16.0 Å². The molecule has 0 aromatic heterocycles. The molecule has 8 nitrogen and oxygen atoms in total. The maximum absolute atomic E-state index is 12.8. The molecule has 0 heterocycles. The fourth-order valence-electron chi connectivity index (χ4n) is 2.19. The van der Waals surface area contributed by atoms with Crippen LogP contribution in [0.2, 0.25) is 0 Å². The summed E-state index contributed by atoms with van der Waals surface area (Å²) in [7, 11) is 0. The second kappa shape index (κ2) is 12.1. The number of anilines is 2. The molecule has 0 saturated carbocycles. The lowest BCUT2D eigenvalue weighted by Gasteiger charge is -2.19. The average molecular weight is 727 g/mol. The topological polar surface area (TPSA) is 114 Å². The van der Waals surface area contributed by atoms with Crippen LogP contribution in [0.4, 0.5) is 11.4 Å². The van der Waals surface area contributed by atoms with E-state index < -0.39 is 0 Å². The van der Waals surface area contributed by atoms with Gasteiger partial charge in [0.1, 0.15) is 0 Å². The van der Waals surface area contributed by atoms with Crippen molar-refractivity contribution in [2.75, 3.05) is 23.8 Å². The van der Waals surface area contributed by atoms with Crippen LogP contribution in [-0.4, -0.2) is 36.8 Å². The molecule has 11 heteroatoms. The SMILES string of the molecule is CCOC(=O)CCCNC(=O)c1c(I)c(NC(C)=O)c(I)c(NC(C)=O)c1I. The molecule has 1 aromatic carbocycles. The average Bonchev–Trinajstić information content (AvgIpc) is 2.59. The number of ether oxygens (including phenoxy) is 1. The predicted octanol–water partition coefficient (Wildman–Crippen LogP) is 3.49. The monoisotopic (exact) mass is 727 g/mol. The van der Waals surface area contributed by atoms with Crippen molar-refractivity contribution in [2.45, 2.75) is 33.6 Å². The van der Waals surface area contributed by atoms with Crippen molar-refractivity contribution in [1.82, 2.24) is 5.32 Å². The Morgan fingerprint density at radius 2 is 1.39 bits per heavy atom. The molecule has 0 bridgehead atoms. The van der Waals surface area contributed by atoms with Crippen molar-refractivity contribution in [3.63, 3.8) is 0 Å². The first-order chi connectivity index (χ1) is 13.1. The van der Waals surface area contributed by atoms with Crippen LogP contribution in [0.1, 0.15) is 44.0 Å². The van der Waals surface area contributed by atoms with Crippen LogP contribution in [0.5, 0.6) is 0 Å². The second-order valence-corrected chi connectivity index (χ2v) is 8.83. The lowest BCUT2D eigenvalue weighted by molar-refractivity contribution is -0.143. The van der Waals surface area contributed by atoms with E-state index in [9.17, 15) is 19.2 Å². The number of rotatable bonds is 8. The molecule has 3 amide bonds. The Morgan fingerprint density at radius 1 is 0.893 bits per heavy atom. The minimum atomic E-state index is -0.354. The maximum Gasteiger partial charge on any atom is 0.305 e. The fraction of sp³-hybridized carbons (Fsp3) is 0.412. The number of benzene rings is 1. The highest BCUT2D eigenvalue weighted by atomic mass is 127. The normalized spacial score (nSPS) is 10.2. The number of esters is 1. The zero-order chi connectivity index (χ0) is 21.4.